The number of nitrogens with zero attached hydrogens (tertiary/aromatic N) is 3. The zero-order valence-corrected chi connectivity index (χ0v) is 11.0. The Morgan fingerprint density at radius 1 is 1.14 bits per heavy atom. The molecule has 2 N–H and O–H groups in total. The fourth-order valence-electron chi connectivity index (χ4n) is 1.46. The maximum absolute atomic E-state index is 10.6. The summed E-state index contributed by atoms with van der Waals surface area (Å²) < 4.78 is 5.29. The van der Waals surface area contributed by atoms with Crippen molar-refractivity contribution >= 4 is 28.8 Å². The van der Waals surface area contributed by atoms with Gasteiger partial charge in [-0.15, -0.1) is 0 Å². The first-order chi connectivity index (χ1) is 9.88. The molecule has 1 heterocycles. The highest BCUT2D eigenvalue weighted by Crippen LogP contribution is 2.32. The average molecular weight is 311 g/mol. The van der Waals surface area contributed by atoms with Crippen LogP contribution in [0.25, 0.3) is 0 Å². The molecule has 0 aliphatic carbocycles. The number of hydrogen-bond donors (Lipinski definition) is 1. The van der Waals surface area contributed by atoms with E-state index in [0.717, 1.165) is 12.1 Å². The van der Waals surface area contributed by atoms with E-state index < -0.39 is 9.85 Å². The van der Waals surface area contributed by atoms with Crippen LogP contribution in [0.5, 0.6) is 11.6 Å². The Bertz CT molecular complexity index is 737. The molecule has 9 nitrogen and oxygen atoms in total. The Labute approximate surface area is 122 Å². The third kappa shape index (κ3) is 3.15. The standard InChI is InChI=1S/C11H7ClN4O5/c12-7-5-6(15(17)18)1-3-9(7)21-10-4-2-8(16(19)20)11(13)14-10/h1-5H,(H2,13,14). The quantitative estimate of drug-likeness (QED) is 0.677. The Morgan fingerprint density at radius 2 is 1.86 bits per heavy atom. The minimum absolute atomic E-state index is 0.00271. The molecule has 0 fully saturated rings. The molecule has 0 amide bonds. The summed E-state index contributed by atoms with van der Waals surface area (Å²) in [6.45, 7) is 0. The van der Waals surface area contributed by atoms with Crippen LogP contribution in [0.2, 0.25) is 5.02 Å². The highest BCUT2D eigenvalue weighted by molar-refractivity contribution is 6.32. The molecule has 2 rings (SSSR count). The predicted molar refractivity (Wildman–Crippen MR) is 73.5 cm³/mol. The van der Waals surface area contributed by atoms with Crippen LogP contribution in [0.15, 0.2) is 30.3 Å². The van der Waals surface area contributed by atoms with Gasteiger partial charge in [-0.1, -0.05) is 11.6 Å². The minimum Gasteiger partial charge on any atom is -0.437 e. The number of hydrogen-bond acceptors (Lipinski definition) is 7. The van der Waals surface area contributed by atoms with Crippen LogP contribution in [-0.2, 0) is 0 Å². The van der Waals surface area contributed by atoms with Gasteiger partial charge >= 0.3 is 5.69 Å². The molecule has 108 valence electrons. The summed E-state index contributed by atoms with van der Waals surface area (Å²) in [6, 6.07) is 5.99. The summed E-state index contributed by atoms with van der Waals surface area (Å²) in [5.74, 6) is -0.215. The van der Waals surface area contributed by atoms with Gasteiger partial charge in [0.25, 0.3) is 5.69 Å². The van der Waals surface area contributed by atoms with Crippen LogP contribution in [0.1, 0.15) is 0 Å². The van der Waals surface area contributed by atoms with Gasteiger partial charge in [0.1, 0.15) is 5.75 Å². The molecule has 0 aliphatic rings. The second-order valence-corrected chi connectivity index (χ2v) is 4.19. The van der Waals surface area contributed by atoms with Crippen molar-refractivity contribution in [2.75, 3.05) is 5.73 Å². The SMILES string of the molecule is Nc1nc(Oc2ccc([N+](=O)[O-])cc2Cl)ccc1[N+](=O)[O-]. The van der Waals surface area contributed by atoms with Crippen molar-refractivity contribution in [2.24, 2.45) is 0 Å². The van der Waals surface area contributed by atoms with Crippen molar-refractivity contribution in [3.63, 3.8) is 0 Å². The Hall–Kier alpha value is -2.94. The Morgan fingerprint density at radius 3 is 2.38 bits per heavy atom. The molecule has 0 radical (unpaired) electrons. The van der Waals surface area contributed by atoms with Crippen LogP contribution in [0, 0.1) is 20.2 Å². The van der Waals surface area contributed by atoms with Crippen molar-refractivity contribution in [2.45, 2.75) is 0 Å². The molecular weight excluding hydrogens is 304 g/mol. The van der Waals surface area contributed by atoms with Crippen molar-refractivity contribution in [3.05, 3.63) is 55.6 Å². The number of non-ortho nitro benzene ring substituents is 1. The van der Waals surface area contributed by atoms with E-state index in [4.69, 9.17) is 22.1 Å². The van der Waals surface area contributed by atoms with Crippen molar-refractivity contribution in [1.29, 1.82) is 0 Å². The maximum atomic E-state index is 10.6. The molecule has 0 aliphatic heterocycles. The zero-order chi connectivity index (χ0) is 15.6. The number of rotatable bonds is 4. The number of aromatic nitrogens is 1. The van der Waals surface area contributed by atoms with E-state index in [2.05, 4.69) is 4.98 Å². The van der Waals surface area contributed by atoms with Gasteiger partial charge in [0.2, 0.25) is 11.7 Å². The molecule has 0 spiro atoms. The fraction of sp³-hybridized carbons (Fsp3) is 0. The predicted octanol–water partition coefficient (Wildman–Crippen LogP) is 2.93. The number of benzene rings is 1. The molecule has 1 aromatic heterocycles. The van der Waals surface area contributed by atoms with Crippen LogP contribution < -0.4 is 10.5 Å². The first kappa shape index (κ1) is 14.5. The highest BCUT2D eigenvalue weighted by Gasteiger charge is 2.15. The number of nitro groups is 2. The van der Waals surface area contributed by atoms with E-state index in [-0.39, 0.29) is 33.8 Å². The molecule has 2 aromatic rings. The van der Waals surface area contributed by atoms with Gasteiger partial charge in [0.15, 0.2) is 0 Å². The van der Waals surface area contributed by atoms with Crippen LogP contribution in [0.4, 0.5) is 17.2 Å². The topological polar surface area (TPSA) is 134 Å². The van der Waals surface area contributed by atoms with Gasteiger partial charge in [-0.05, 0) is 6.07 Å². The third-order valence-electron chi connectivity index (χ3n) is 2.41. The second kappa shape index (κ2) is 5.59. The second-order valence-electron chi connectivity index (χ2n) is 3.78. The number of nitro benzene ring substituents is 1. The largest absolute Gasteiger partial charge is 0.437 e. The smallest absolute Gasteiger partial charge is 0.311 e. The Kier molecular flexibility index (Phi) is 3.85. The van der Waals surface area contributed by atoms with Gasteiger partial charge in [0, 0.05) is 24.3 Å². The van der Waals surface area contributed by atoms with E-state index in [0.29, 0.717) is 0 Å². The average Bonchev–Trinajstić information content (AvgIpc) is 2.40. The molecular formula is C11H7ClN4O5. The van der Waals surface area contributed by atoms with Crippen LogP contribution in [0.3, 0.4) is 0 Å². The monoisotopic (exact) mass is 310 g/mol. The summed E-state index contributed by atoms with van der Waals surface area (Å²) in [6.07, 6.45) is 0. The Balaban J connectivity index is 2.28. The van der Waals surface area contributed by atoms with Crippen LogP contribution in [-0.4, -0.2) is 14.8 Å². The summed E-state index contributed by atoms with van der Waals surface area (Å²) in [4.78, 5) is 23.6. The van der Waals surface area contributed by atoms with E-state index in [1.807, 2.05) is 0 Å². The number of ether oxygens (including phenoxy) is 1. The molecule has 0 atom stereocenters. The lowest BCUT2D eigenvalue weighted by Crippen LogP contribution is -1.99. The lowest BCUT2D eigenvalue weighted by Gasteiger charge is -2.07. The van der Waals surface area contributed by atoms with Gasteiger partial charge in [-0.2, -0.15) is 4.98 Å². The van der Waals surface area contributed by atoms with Crippen molar-refractivity contribution in [1.82, 2.24) is 4.98 Å². The maximum Gasteiger partial charge on any atom is 0.311 e. The highest BCUT2D eigenvalue weighted by atomic mass is 35.5. The van der Waals surface area contributed by atoms with Crippen molar-refractivity contribution < 1.29 is 14.6 Å². The summed E-state index contributed by atoms with van der Waals surface area (Å²) in [5, 5.41) is 21.2. The van der Waals surface area contributed by atoms with Crippen LogP contribution >= 0.6 is 11.6 Å². The van der Waals surface area contributed by atoms with Gasteiger partial charge < -0.3 is 10.5 Å². The number of halogens is 1. The van der Waals surface area contributed by atoms with Crippen molar-refractivity contribution in [3.8, 4) is 11.6 Å². The first-order valence-electron chi connectivity index (χ1n) is 5.41. The summed E-state index contributed by atoms with van der Waals surface area (Å²) in [5.41, 5.74) is 4.88. The molecule has 1 aromatic carbocycles. The molecule has 0 bridgehead atoms. The van der Waals surface area contributed by atoms with E-state index >= 15 is 0 Å². The van der Waals surface area contributed by atoms with Gasteiger partial charge in [0.05, 0.1) is 14.9 Å². The molecule has 0 saturated heterocycles. The number of pyridine rings is 1. The third-order valence-corrected chi connectivity index (χ3v) is 2.71. The lowest BCUT2D eigenvalue weighted by atomic mass is 10.3. The minimum atomic E-state index is -0.676. The molecule has 10 heteroatoms. The summed E-state index contributed by atoms with van der Waals surface area (Å²) in [7, 11) is 0. The van der Waals surface area contributed by atoms with E-state index in [1.54, 1.807) is 0 Å². The number of nitrogen functional groups attached to an aromatic ring is 1. The number of anilines is 1. The molecule has 21 heavy (non-hydrogen) atoms. The lowest BCUT2D eigenvalue weighted by molar-refractivity contribution is -0.384. The van der Waals surface area contributed by atoms with Gasteiger partial charge in [-0.3, -0.25) is 20.2 Å². The summed E-state index contributed by atoms with van der Waals surface area (Å²) >= 11 is 5.85. The van der Waals surface area contributed by atoms with E-state index in [9.17, 15) is 20.2 Å². The first-order valence-corrected chi connectivity index (χ1v) is 5.79. The van der Waals surface area contributed by atoms with Gasteiger partial charge in [-0.25, -0.2) is 0 Å². The fourth-order valence-corrected chi connectivity index (χ4v) is 1.67. The number of nitrogens with two attached hydrogens (primary N) is 1. The molecule has 0 unspecified atom stereocenters. The zero-order valence-electron chi connectivity index (χ0n) is 10.2. The van der Waals surface area contributed by atoms with E-state index in [1.165, 1.54) is 18.2 Å². The normalized spacial score (nSPS) is 10.1. The molecule has 0 saturated carbocycles.